The van der Waals surface area contributed by atoms with Gasteiger partial charge in [0, 0.05) is 33.0 Å². The zero-order valence-corrected chi connectivity index (χ0v) is 18.7. The minimum Gasteiger partial charge on any atom is -0.334 e. The molecule has 30 heavy (non-hydrogen) atoms. The molecule has 0 fully saturated rings. The first-order valence-corrected chi connectivity index (χ1v) is 11.2. The molecule has 5 nitrogen and oxygen atoms in total. The molecule has 0 spiro atoms. The van der Waals surface area contributed by atoms with E-state index < -0.39 is 0 Å². The third kappa shape index (κ3) is 4.22. The number of carbonyl (C=O) groups is 2. The molecule has 1 heterocycles. The molecule has 0 aliphatic carbocycles. The van der Waals surface area contributed by atoms with Gasteiger partial charge in [0.1, 0.15) is 0 Å². The Labute approximate surface area is 188 Å². The lowest BCUT2D eigenvalue weighted by molar-refractivity contribution is 0.0985. The first-order chi connectivity index (χ1) is 14.6. The van der Waals surface area contributed by atoms with Crippen LogP contribution in [0.25, 0.3) is 0 Å². The van der Waals surface area contributed by atoms with Crippen LogP contribution in [0, 0.1) is 0 Å². The Morgan fingerprint density at radius 2 is 1.80 bits per heavy atom. The quantitative estimate of drug-likeness (QED) is 0.487. The first-order valence-electron chi connectivity index (χ1n) is 9.58. The summed E-state index contributed by atoms with van der Waals surface area (Å²) in [7, 11) is 0. The van der Waals surface area contributed by atoms with Crippen LogP contribution in [0.15, 0.2) is 81.0 Å². The van der Waals surface area contributed by atoms with Crippen molar-refractivity contribution >= 4 is 51.0 Å². The monoisotopic (exact) mass is 481 g/mol. The number of benzene rings is 3. The average molecular weight is 482 g/mol. The third-order valence-corrected chi connectivity index (χ3v) is 6.72. The Bertz CT molecular complexity index is 1120. The van der Waals surface area contributed by atoms with Crippen LogP contribution in [0.4, 0.5) is 16.2 Å². The molecule has 1 aliphatic rings. The fourth-order valence-electron chi connectivity index (χ4n) is 3.30. The molecule has 0 saturated carbocycles. The molecule has 7 heteroatoms. The van der Waals surface area contributed by atoms with Gasteiger partial charge in [-0.3, -0.25) is 4.79 Å². The van der Waals surface area contributed by atoms with E-state index in [1.54, 1.807) is 16.7 Å². The van der Waals surface area contributed by atoms with Gasteiger partial charge >= 0.3 is 6.03 Å². The van der Waals surface area contributed by atoms with Crippen molar-refractivity contribution in [3.8, 4) is 0 Å². The minimum absolute atomic E-state index is 0.0325. The molecule has 0 atom stereocenters. The summed E-state index contributed by atoms with van der Waals surface area (Å²) in [6.45, 7) is 2.89. The number of urea groups is 1. The number of hydrogen-bond acceptors (Lipinski definition) is 3. The zero-order chi connectivity index (χ0) is 21.1. The van der Waals surface area contributed by atoms with Crippen LogP contribution in [0.1, 0.15) is 22.8 Å². The van der Waals surface area contributed by atoms with E-state index in [-0.39, 0.29) is 11.9 Å². The highest BCUT2D eigenvalue weighted by Crippen LogP contribution is 2.42. The number of fused-ring (bicyclic) bond motifs is 2. The van der Waals surface area contributed by atoms with Gasteiger partial charge in [-0.05, 0) is 48.9 Å². The largest absolute Gasteiger partial charge is 0.334 e. The van der Waals surface area contributed by atoms with Gasteiger partial charge in [-0.15, -0.1) is 0 Å². The summed E-state index contributed by atoms with van der Waals surface area (Å²) >= 11 is 5.05. The van der Waals surface area contributed by atoms with Gasteiger partial charge in [-0.1, -0.05) is 58.0 Å². The van der Waals surface area contributed by atoms with Crippen molar-refractivity contribution in [2.24, 2.45) is 0 Å². The van der Waals surface area contributed by atoms with E-state index >= 15 is 0 Å². The second-order valence-electron chi connectivity index (χ2n) is 6.73. The van der Waals surface area contributed by atoms with Gasteiger partial charge in [-0.25, -0.2) is 4.79 Å². The minimum atomic E-state index is -0.301. The lowest BCUT2D eigenvalue weighted by Crippen LogP contribution is -2.31. The Morgan fingerprint density at radius 1 is 1.03 bits per heavy atom. The van der Waals surface area contributed by atoms with Crippen molar-refractivity contribution in [3.63, 3.8) is 0 Å². The SMILES string of the molecule is CCN1C(=O)c2ccccc2Sc2ccc(NC(=O)NCc3ccccc3Br)cc21. The van der Waals surface area contributed by atoms with Gasteiger partial charge in [-0.2, -0.15) is 0 Å². The van der Waals surface area contributed by atoms with Crippen molar-refractivity contribution in [2.45, 2.75) is 23.3 Å². The lowest BCUT2D eigenvalue weighted by atomic mass is 10.1. The topological polar surface area (TPSA) is 61.4 Å². The molecule has 0 saturated heterocycles. The fraction of sp³-hybridized carbons (Fsp3) is 0.130. The molecule has 4 rings (SSSR count). The van der Waals surface area contributed by atoms with E-state index in [0.717, 1.165) is 25.5 Å². The number of hydrogen-bond donors (Lipinski definition) is 2. The number of amides is 3. The molecule has 0 bridgehead atoms. The summed E-state index contributed by atoms with van der Waals surface area (Å²) < 4.78 is 0.948. The molecule has 1 aliphatic heterocycles. The highest BCUT2D eigenvalue weighted by atomic mass is 79.9. The predicted octanol–water partition coefficient (Wildman–Crippen LogP) is 5.90. The summed E-state index contributed by atoms with van der Waals surface area (Å²) in [6.07, 6.45) is 0. The summed E-state index contributed by atoms with van der Waals surface area (Å²) in [6, 6.07) is 20.7. The summed E-state index contributed by atoms with van der Waals surface area (Å²) in [4.78, 5) is 29.1. The number of carbonyl (C=O) groups excluding carboxylic acids is 2. The highest BCUT2D eigenvalue weighted by molar-refractivity contribution is 9.10. The maximum atomic E-state index is 13.1. The fourth-order valence-corrected chi connectivity index (χ4v) is 4.79. The van der Waals surface area contributed by atoms with Gasteiger partial charge in [0.2, 0.25) is 0 Å². The standard InChI is InChI=1S/C23H20BrN3O2S/c1-2-27-19-13-16(26-23(29)25-14-15-7-3-5-9-18(15)24)11-12-21(19)30-20-10-6-4-8-17(20)22(27)28/h3-13H,2,14H2,1H3,(H2,25,26,29). The molecule has 152 valence electrons. The Kier molecular flexibility index (Phi) is 6.11. The van der Waals surface area contributed by atoms with Crippen molar-refractivity contribution < 1.29 is 9.59 Å². The van der Waals surface area contributed by atoms with Crippen molar-refractivity contribution in [2.75, 3.05) is 16.8 Å². The second-order valence-corrected chi connectivity index (χ2v) is 8.67. The smallest absolute Gasteiger partial charge is 0.319 e. The molecular formula is C23H20BrN3O2S. The van der Waals surface area contributed by atoms with E-state index in [4.69, 9.17) is 0 Å². The zero-order valence-electron chi connectivity index (χ0n) is 16.3. The van der Waals surface area contributed by atoms with E-state index in [1.165, 1.54) is 0 Å². The van der Waals surface area contributed by atoms with Crippen molar-refractivity contribution in [1.82, 2.24) is 5.32 Å². The van der Waals surface area contributed by atoms with E-state index in [2.05, 4.69) is 26.6 Å². The third-order valence-electron chi connectivity index (χ3n) is 4.80. The number of anilines is 2. The van der Waals surface area contributed by atoms with Crippen LogP contribution < -0.4 is 15.5 Å². The number of rotatable bonds is 4. The molecule has 3 aromatic rings. The number of halogens is 1. The van der Waals surface area contributed by atoms with Gasteiger partial charge in [0.25, 0.3) is 5.91 Å². The maximum absolute atomic E-state index is 13.1. The van der Waals surface area contributed by atoms with Crippen LogP contribution in [0.3, 0.4) is 0 Å². The Hall–Kier alpha value is -2.77. The molecule has 0 aromatic heterocycles. The van der Waals surface area contributed by atoms with Crippen LogP contribution >= 0.6 is 27.7 Å². The predicted molar refractivity (Wildman–Crippen MR) is 124 cm³/mol. The van der Waals surface area contributed by atoms with Crippen LogP contribution in [0.5, 0.6) is 0 Å². The molecular weight excluding hydrogens is 462 g/mol. The molecule has 0 unspecified atom stereocenters. The van der Waals surface area contributed by atoms with E-state index in [0.29, 0.717) is 24.3 Å². The lowest BCUT2D eigenvalue weighted by Gasteiger charge is -2.22. The molecule has 3 amide bonds. The van der Waals surface area contributed by atoms with Gasteiger partial charge < -0.3 is 15.5 Å². The Morgan fingerprint density at radius 3 is 2.60 bits per heavy atom. The van der Waals surface area contributed by atoms with E-state index in [9.17, 15) is 9.59 Å². The van der Waals surface area contributed by atoms with Gasteiger partial charge in [0.05, 0.1) is 11.3 Å². The van der Waals surface area contributed by atoms with Crippen molar-refractivity contribution in [3.05, 3.63) is 82.3 Å². The highest BCUT2D eigenvalue weighted by Gasteiger charge is 2.26. The van der Waals surface area contributed by atoms with Crippen LogP contribution in [-0.2, 0) is 6.54 Å². The van der Waals surface area contributed by atoms with Crippen LogP contribution in [0.2, 0.25) is 0 Å². The molecule has 0 radical (unpaired) electrons. The van der Waals surface area contributed by atoms with E-state index in [1.807, 2.05) is 73.7 Å². The average Bonchev–Trinajstić information content (AvgIpc) is 2.87. The summed E-state index contributed by atoms with van der Waals surface area (Å²) in [5, 5.41) is 5.73. The molecule has 2 N–H and O–H groups in total. The number of nitrogens with zero attached hydrogens (tertiary/aromatic N) is 1. The normalized spacial score (nSPS) is 12.6. The van der Waals surface area contributed by atoms with Gasteiger partial charge in [0.15, 0.2) is 0 Å². The first kappa shape index (κ1) is 20.5. The second kappa shape index (κ2) is 8.93. The number of nitrogens with one attached hydrogen (secondary N) is 2. The summed E-state index contributed by atoms with van der Waals surface area (Å²) in [5.74, 6) is -0.0325. The molecule has 3 aromatic carbocycles. The summed E-state index contributed by atoms with van der Waals surface area (Å²) in [5.41, 5.74) is 3.12. The van der Waals surface area contributed by atoms with Crippen molar-refractivity contribution in [1.29, 1.82) is 0 Å². The Balaban J connectivity index is 1.53. The van der Waals surface area contributed by atoms with Crippen LogP contribution in [-0.4, -0.2) is 18.5 Å². The maximum Gasteiger partial charge on any atom is 0.319 e.